The number of alkyl halides is 4. The van der Waals surface area contributed by atoms with E-state index in [1.54, 1.807) is 0 Å². The molecule has 1 aliphatic rings. The van der Waals surface area contributed by atoms with Crippen LogP contribution in [0.15, 0.2) is 0 Å². The van der Waals surface area contributed by atoms with Gasteiger partial charge >= 0.3 is 6.18 Å². The maximum Gasteiger partial charge on any atom is 0.389 e. The van der Waals surface area contributed by atoms with E-state index in [2.05, 4.69) is 20.8 Å². The van der Waals surface area contributed by atoms with E-state index in [9.17, 15) is 13.2 Å². The Labute approximate surface area is 104 Å². The highest BCUT2D eigenvalue weighted by Gasteiger charge is 2.28. The van der Waals surface area contributed by atoms with Crippen LogP contribution in [0.1, 0.15) is 38.5 Å². The molecule has 1 unspecified atom stereocenters. The van der Waals surface area contributed by atoms with Crippen LogP contribution in [0.25, 0.3) is 0 Å². The minimum Gasteiger partial charge on any atom is -0.300 e. The highest BCUT2D eigenvalue weighted by molar-refractivity contribution is 9.09. The first kappa shape index (κ1) is 14.3. The van der Waals surface area contributed by atoms with Gasteiger partial charge in [0.25, 0.3) is 0 Å². The molecule has 0 aromatic carbocycles. The van der Waals surface area contributed by atoms with Crippen molar-refractivity contribution in [1.82, 2.24) is 4.90 Å². The second kappa shape index (κ2) is 6.84. The molecule has 0 saturated carbocycles. The molecule has 0 aliphatic carbocycles. The Morgan fingerprint density at radius 3 is 2.62 bits per heavy atom. The highest BCUT2D eigenvalue weighted by Crippen LogP contribution is 2.24. The smallest absolute Gasteiger partial charge is 0.300 e. The van der Waals surface area contributed by atoms with Crippen molar-refractivity contribution in [1.29, 1.82) is 0 Å². The molecule has 1 fully saturated rings. The molecule has 0 radical (unpaired) electrons. The van der Waals surface area contributed by atoms with Crippen LogP contribution in [0.2, 0.25) is 0 Å². The minimum atomic E-state index is -4.00. The number of piperidine rings is 1. The fraction of sp³-hybridized carbons (Fsp3) is 1.00. The van der Waals surface area contributed by atoms with Gasteiger partial charge in [0.2, 0.25) is 0 Å². The Morgan fingerprint density at radius 2 is 2.00 bits per heavy atom. The van der Waals surface area contributed by atoms with Crippen LogP contribution in [-0.4, -0.2) is 35.5 Å². The molecule has 16 heavy (non-hydrogen) atoms. The summed E-state index contributed by atoms with van der Waals surface area (Å²) >= 11 is 3.41. The fourth-order valence-electron chi connectivity index (χ4n) is 2.29. The number of likely N-dealkylation sites (tertiary alicyclic amines) is 1. The third kappa shape index (κ3) is 5.53. The zero-order valence-electron chi connectivity index (χ0n) is 9.40. The van der Waals surface area contributed by atoms with Gasteiger partial charge in [0.1, 0.15) is 0 Å². The van der Waals surface area contributed by atoms with Gasteiger partial charge in [0.15, 0.2) is 0 Å². The lowest BCUT2D eigenvalue weighted by molar-refractivity contribution is -0.136. The first-order valence-electron chi connectivity index (χ1n) is 5.89. The SMILES string of the molecule is FC(F)(F)CCCN1CCCCC1CCBr. The molecular weight excluding hydrogens is 283 g/mol. The Hall–Kier alpha value is 0.230. The van der Waals surface area contributed by atoms with Crippen molar-refractivity contribution >= 4 is 15.9 Å². The Kier molecular flexibility index (Phi) is 6.11. The first-order valence-corrected chi connectivity index (χ1v) is 7.02. The molecule has 1 heterocycles. The summed E-state index contributed by atoms with van der Waals surface area (Å²) in [7, 11) is 0. The lowest BCUT2D eigenvalue weighted by atomic mass is 10.00. The fourth-order valence-corrected chi connectivity index (χ4v) is 2.82. The van der Waals surface area contributed by atoms with Crippen LogP contribution in [0.4, 0.5) is 13.2 Å². The number of nitrogens with zero attached hydrogens (tertiary/aromatic N) is 1. The average molecular weight is 302 g/mol. The van der Waals surface area contributed by atoms with Gasteiger partial charge < -0.3 is 4.90 Å². The monoisotopic (exact) mass is 301 g/mol. The van der Waals surface area contributed by atoms with Gasteiger partial charge in [-0.3, -0.25) is 0 Å². The van der Waals surface area contributed by atoms with Crippen molar-refractivity contribution in [3.8, 4) is 0 Å². The maximum absolute atomic E-state index is 12.0. The van der Waals surface area contributed by atoms with Crippen LogP contribution in [-0.2, 0) is 0 Å². The van der Waals surface area contributed by atoms with Gasteiger partial charge in [-0.15, -0.1) is 0 Å². The van der Waals surface area contributed by atoms with E-state index in [0.29, 0.717) is 12.6 Å². The maximum atomic E-state index is 12.0. The zero-order chi connectivity index (χ0) is 12.0. The summed E-state index contributed by atoms with van der Waals surface area (Å²) in [5.74, 6) is 0. The third-order valence-electron chi connectivity index (χ3n) is 3.10. The quantitative estimate of drug-likeness (QED) is 0.695. The Bertz CT molecular complexity index is 194. The summed E-state index contributed by atoms with van der Waals surface area (Å²) in [5, 5.41) is 0.938. The lowest BCUT2D eigenvalue weighted by Gasteiger charge is -2.35. The largest absolute Gasteiger partial charge is 0.389 e. The molecule has 1 saturated heterocycles. The Morgan fingerprint density at radius 1 is 1.25 bits per heavy atom. The summed E-state index contributed by atoms with van der Waals surface area (Å²) in [5.41, 5.74) is 0. The second-order valence-electron chi connectivity index (χ2n) is 4.38. The molecule has 0 N–H and O–H groups in total. The van der Waals surface area contributed by atoms with E-state index < -0.39 is 12.6 Å². The summed E-state index contributed by atoms with van der Waals surface area (Å²) in [6.07, 6.45) is 0.120. The highest BCUT2D eigenvalue weighted by atomic mass is 79.9. The van der Waals surface area contributed by atoms with Crippen LogP contribution >= 0.6 is 15.9 Å². The molecule has 1 rings (SSSR count). The van der Waals surface area contributed by atoms with Crippen LogP contribution in [0, 0.1) is 0 Å². The average Bonchev–Trinajstić information content (AvgIpc) is 2.19. The normalized spacial score (nSPS) is 23.6. The molecule has 0 spiro atoms. The molecule has 1 atom stereocenters. The van der Waals surface area contributed by atoms with E-state index in [1.165, 1.54) is 6.42 Å². The van der Waals surface area contributed by atoms with E-state index in [1.807, 2.05) is 0 Å². The van der Waals surface area contributed by atoms with Gasteiger partial charge in [0.05, 0.1) is 0 Å². The van der Waals surface area contributed by atoms with Gasteiger partial charge in [-0.1, -0.05) is 22.4 Å². The number of hydrogen-bond acceptors (Lipinski definition) is 1. The standard InChI is InChI=1S/C11H19BrF3N/c12-7-5-10-4-1-2-8-16(10)9-3-6-11(13,14)15/h10H,1-9H2. The lowest BCUT2D eigenvalue weighted by Crippen LogP contribution is -2.40. The van der Waals surface area contributed by atoms with Crippen molar-refractivity contribution in [3.63, 3.8) is 0 Å². The van der Waals surface area contributed by atoms with Gasteiger partial charge in [-0.2, -0.15) is 13.2 Å². The summed E-state index contributed by atoms with van der Waals surface area (Å²) < 4.78 is 36.1. The summed E-state index contributed by atoms with van der Waals surface area (Å²) in [6.45, 7) is 1.56. The molecule has 1 aliphatic heterocycles. The van der Waals surface area contributed by atoms with Gasteiger partial charge in [0, 0.05) is 17.8 Å². The second-order valence-corrected chi connectivity index (χ2v) is 5.17. The van der Waals surface area contributed by atoms with Crippen molar-refractivity contribution in [3.05, 3.63) is 0 Å². The molecule has 0 aromatic rings. The molecule has 1 nitrogen and oxygen atoms in total. The molecule has 5 heteroatoms. The molecule has 0 bridgehead atoms. The van der Waals surface area contributed by atoms with Gasteiger partial charge in [-0.25, -0.2) is 0 Å². The first-order chi connectivity index (χ1) is 7.53. The van der Waals surface area contributed by atoms with Gasteiger partial charge in [-0.05, 0) is 38.8 Å². The van der Waals surface area contributed by atoms with Crippen LogP contribution in [0.5, 0.6) is 0 Å². The summed E-state index contributed by atoms with van der Waals surface area (Å²) in [6, 6.07) is 0.487. The number of halogens is 4. The predicted molar refractivity (Wildman–Crippen MR) is 62.9 cm³/mol. The number of hydrogen-bond donors (Lipinski definition) is 0. The van der Waals surface area contributed by atoms with Crippen molar-refractivity contribution in [2.45, 2.75) is 50.7 Å². The molecule has 96 valence electrons. The topological polar surface area (TPSA) is 3.24 Å². The zero-order valence-corrected chi connectivity index (χ0v) is 11.0. The van der Waals surface area contributed by atoms with Crippen molar-refractivity contribution in [2.75, 3.05) is 18.4 Å². The van der Waals surface area contributed by atoms with Crippen LogP contribution in [0.3, 0.4) is 0 Å². The Balaban J connectivity index is 2.27. The van der Waals surface area contributed by atoms with E-state index in [-0.39, 0.29) is 6.42 Å². The predicted octanol–water partition coefficient (Wildman–Crippen LogP) is 3.97. The molecule has 0 aromatic heterocycles. The summed E-state index contributed by atoms with van der Waals surface area (Å²) in [4.78, 5) is 2.23. The molecule has 0 amide bonds. The molecular formula is C11H19BrF3N. The van der Waals surface area contributed by atoms with Crippen LogP contribution < -0.4 is 0 Å². The number of rotatable bonds is 5. The van der Waals surface area contributed by atoms with E-state index in [0.717, 1.165) is 31.1 Å². The minimum absolute atomic E-state index is 0.238. The third-order valence-corrected chi connectivity index (χ3v) is 3.55. The van der Waals surface area contributed by atoms with E-state index in [4.69, 9.17) is 0 Å². The van der Waals surface area contributed by atoms with Crippen molar-refractivity contribution < 1.29 is 13.2 Å². The van der Waals surface area contributed by atoms with E-state index >= 15 is 0 Å². The van der Waals surface area contributed by atoms with Crippen molar-refractivity contribution in [2.24, 2.45) is 0 Å².